The minimum atomic E-state index is 0.351. The number of ether oxygens (including phenoxy) is 1. The van der Waals surface area contributed by atoms with Crippen LogP contribution in [0, 0.1) is 0 Å². The molecule has 0 aromatic heterocycles. The number of hydrogen-bond acceptors (Lipinski definition) is 3. The molecular formula is C25H23Cl3N2OS. The van der Waals surface area contributed by atoms with E-state index < -0.39 is 0 Å². The summed E-state index contributed by atoms with van der Waals surface area (Å²) in [6.07, 6.45) is 0. The molecule has 0 radical (unpaired) electrons. The Morgan fingerprint density at radius 2 is 1.44 bits per heavy atom. The summed E-state index contributed by atoms with van der Waals surface area (Å²) < 4.78 is 5.87. The average molecular weight is 506 g/mol. The van der Waals surface area contributed by atoms with Crippen LogP contribution in [0.25, 0.3) is 0 Å². The summed E-state index contributed by atoms with van der Waals surface area (Å²) in [6.45, 7) is 4.96. The fourth-order valence-electron chi connectivity index (χ4n) is 3.69. The zero-order valence-electron chi connectivity index (χ0n) is 17.4. The molecule has 1 fully saturated rings. The molecule has 3 aromatic carbocycles. The van der Waals surface area contributed by atoms with Crippen LogP contribution < -0.4 is 4.74 Å². The van der Waals surface area contributed by atoms with Crippen molar-refractivity contribution < 1.29 is 4.74 Å². The van der Waals surface area contributed by atoms with Crippen molar-refractivity contribution in [2.45, 2.75) is 13.2 Å². The van der Waals surface area contributed by atoms with Crippen molar-refractivity contribution in [1.82, 2.24) is 9.80 Å². The molecular weight excluding hydrogens is 483 g/mol. The molecule has 0 aliphatic carbocycles. The molecule has 3 nitrogen and oxygen atoms in total. The Morgan fingerprint density at radius 1 is 0.812 bits per heavy atom. The third-order valence-corrected chi connectivity index (χ3v) is 6.76. The van der Waals surface area contributed by atoms with E-state index in [9.17, 15) is 0 Å². The van der Waals surface area contributed by atoms with E-state index in [1.165, 1.54) is 5.56 Å². The van der Waals surface area contributed by atoms with Gasteiger partial charge in [-0.3, -0.25) is 4.90 Å². The van der Waals surface area contributed by atoms with E-state index >= 15 is 0 Å². The Morgan fingerprint density at radius 3 is 2.06 bits per heavy atom. The highest BCUT2D eigenvalue weighted by atomic mass is 35.5. The lowest BCUT2D eigenvalue weighted by molar-refractivity contribution is 0.177. The van der Waals surface area contributed by atoms with Crippen molar-refractivity contribution in [1.29, 1.82) is 0 Å². The van der Waals surface area contributed by atoms with Crippen LogP contribution in [-0.4, -0.2) is 41.0 Å². The predicted molar refractivity (Wildman–Crippen MR) is 137 cm³/mol. The van der Waals surface area contributed by atoms with Crippen molar-refractivity contribution in [2.75, 3.05) is 26.2 Å². The van der Waals surface area contributed by atoms with Crippen LogP contribution in [-0.2, 0) is 13.2 Å². The normalized spacial score (nSPS) is 14.4. The lowest BCUT2D eigenvalue weighted by atomic mass is 10.1. The van der Waals surface area contributed by atoms with Crippen molar-refractivity contribution in [3.05, 3.63) is 98.5 Å². The molecule has 0 spiro atoms. The molecule has 166 valence electrons. The van der Waals surface area contributed by atoms with Gasteiger partial charge in [0, 0.05) is 43.3 Å². The molecule has 7 heteroatoms. The van der Waals surface area contributed by atoms with E-state index in [0.29, 0.717) is 27.4 Å². The molecule has 1 saturated heterocycles. The van der Waals surface area contributed by atoms with Crippen LogP contribution in [0.4, 0.5) is 0 Å². The van der Waals surface area contributed by atoms with Gasteiger partial charge < -0.3 is 9.64 Å². The number of nitrogens with zero attached hydrogens (tertiary/aromatic N) is 2. The molecule has 0 saturated carbocycles. The van der Waals surface area contributed by atoms with E-state index in [1.54, 1.807) is 0 Å². The van der Waals surface area contributed by atoms with Gasteiger partial charge in [-0.05, 0) is 35.4 Å². The highest BCUT2D eigenvalue weighted by molar-refractivity contribution is 7.80. The van der Waals surface area contributed by atoms with Gasteiger partial charge in [0.25, 0.3) is 0 Å². The summed E-state index contributed by atoms with van der Waals surface area (Å²) in [5.74, 6) is 0.461. The Kier molecular flexibility index (Phi) is 7.93. The van der Waals surface area contributed by atoms with Crippen molar-refractivity contribution in [2.24, 2.45) is 0 Å². The van der Waals surface area contributed by atoms with Crippen LogP contribution in [0.5, 0.6) is 5.75 Å². The SMILES string of the molecule is S=C(c1cc(Cl)c(OCc2ccc(Cl)cc2)c(Cl)c1)N1CCN(Cc2ccccc2)CC1. The van der Waals surface area contributed by atoms with Gasteiger partial charge in [-0.1, -0.05) is 89.5 Å². The topological polar surface area (TPSA) is 15.7 Å². The number of halogens is 3. The minimum Gasteiger partial charge on any atom is -0.486 e. The summed E-state index contributed by atoms with van der Waals surface area (Å²) in [4.78, 5) is 5.42. The third-order valence-electron chi connectivity index (χ3n) is 5.45. The highest BCUT2D eigenvalue weighted by Gasteiger charge is 2.21. The van der Waals surface area contributed by atoms with Gasteiger partial charge in [-0.15, -0.1) is 0 Å². The summed E-state index contributed by atoms with van der Waals surface area (Å²) in [6, 6.07) is 21.7. The maximum atomic E-state index is 6.51. The largest absolute Gasteiger partial charge is 0.486 e. The maximum Gasteiger partial charge on any atom is 0.157 e. The quantitative estimate of drug-likeness (QED) is 0.345. The Bertz CT molecular complexity index is 1050. The lowest BCUT2D eigenvalue weighted by Crippen LogP contribution is -2.48. The second-order valence-electron chi connectivity index (χ2n) is 7.74. The monoisotopic (exact) mass is 504 g/mol. The maximum absolute atomic E-state index is 6.51. The van der Waals surface area contributed by atoms with Gasteiger partial charge in [0.05, 0.1) is 10.0 Å². The van der Waals surface area contributed by atoms with Gasteiger partial charge in [0.1, 0.15) is 11.6 Å². The first-order valence-electron chi connectivity index (χ1n) is 10.4. The molecule has 1 heterocycles. The highest BCUT2D eigenvalue weighted by Crippen LogP contribution is 2.35. The smallest absolute Gasteiger partial charge is 0.157 e. The van der Waals surface area contributed by atoms with Crippen LogP contribution in [0.3, 0.4) is 0 Å². The van der Waals surface area contributed by atoms with Crippen LogP contribution >= 0.6 is 47.0 Å². The summed E-state index contributed by atoms with van der Waals surface area (Å²) in [5.41, 5.74) is 3.15. The van der Waals surface area contributed by atoms with Gasteiger partial charge in [0.15, 0.2) is 5.75 Å². The van der Waals surface area contributed by atoms with Crippen LogP contribution in [0.2, 0.25) is 15.1 Å². The van der Waals surface area contributed by atoms with Crippen molar-refractivity contribution in [3.8, 4) is 5.75 Å². The minimum absolute atomic E-state index is 0.351. The summed E-state index contributed by atoms with van der Waals surface area (Å²) in [7, 11) is 0. The van der Waals surface area contributed by atoms with E-state index in [1.807, 2.05) is 42.5 Å². The Balaban J connectivity index is 1.36. The van der Waals surface area contributed by atoms with Gasteiger partial charge in [-0.25, -0.2) is 0 Å². The van der Waals surface area contributed by atoms with E-state index in [-0.39, 0.29) is 0 Å². The number of hydrogen-bond donors (Lipinski definition) is 0. The number of piperazine rings is 1. The van der Waals surface area contributed by atoms with E-state index in [0.717, 1.165) is 48.8 Å². The predicted octanol–water partition coefficient (Wildman–Crippen LogP) is 6.72. The molecule has 0 atom stereocenters. The van der Waals surface area contributed by atoms with Crippen LogP contribution in [0.1, 0.15) is 16.7 Å². The van der Waals surface area contributed by atoms with Gasteiger partial charge in [-0.2, -0.15) is 0 Å². The van der Waals surface area contributed by atoms with Crippen molar-refractivity contribution >= 4 is 52.0 Å². The molecule has 0 N–H and O–H groups in total. The van der Waals surface area contributed by atoms with E-state index in [4.69, 9.17) is 51.8 Å². The summed E-state index contributed by atoms with van der Waals surface area (Å²) in [5, 5.41) is 1.58. The molecule has 0 unspecified atom stereocenters. The molecule has 4 rings (SSSR count). The fraction of sp³-hybridized carbons (Fsp3) is 0.240. The molecule has 32 heavy (non-hydrogen) atoms. The number of benzene rings is 3. The molecule has 1 aliphatic rings. The van der Waals surface area contributed by atoms with Gasteiger partial charge in [0.2, 0.25) is 0 Å². The second-order valence-corrected chi connectivity index (χ2v) is 9.38. The third kappa shape index (κ3) is 5.94. The van der Waals surface area contributed by atoms with Gasteiger partial charge >= 0.3 is 0 Å². The summed E-state index contributed by atoms with van der Waals surface area (Å²) >= 11 is 24.7. The molecule has 0 bridgehead atoms. The average Bonchev–Trinajstić information content (AvgIpc) is 2.80. The Hall–Kier alpha value is -1.82. The molecule has 3 aromatic rings. The lowest BCUT2D eigenvalue weighted by Gasteiger charge is -2.36. The first kappa shape index (κ1) is 23.3. The fourth-order valence-corrected chi connectivity index (χ4v) is 4.71. The first-order chi connectivity index (χ1) is 15.5. The zero-order chi connectivity index (χ0) is 22.5. The second kappa shape index (κ2) is 10.9. The Labute approximate surface area is 209 Å². The molecule has 1 aliphatic heterocycles. The molecule has 0 amide bonds. The first-order valence-corrected chi connectivity index (χ1v) is 12.0. The number of thiocarbonyl (C=S) groups is 1. The van der Waals surface area contributed by atoms with Crippen LogP contribution in [0.15, 0.2) is 66.7 Å². The standard InChI is InChI=1S/C25H23Cl3N2OS/c26-21-8-6-19(7-9-21)17-31-24-22(27)14-20(15-23(24)28)25(32)30-12-10-29(11-13-30)16-18-4-2-1-3-5-18/h1-9,14-15H,10-13,16-17H2. The van der Waals surface area contributed by atoms with Crippen molar-refractivity contribution in [3.63, 3.8) is 0 Å². The number of rotatable bonds is 6. The van der Waals surface area contributed by atoms with E-state index in [2.05, 4.69) is 34.1 Å². The zero-order valence-corrected chi connectivity index (χ0v) is 20.5.